The van der Waals surface area contributed by atoms with Gasteiger partial charge in [0.05, 0.1) is 24.6 Å². The summed E-state index contributed by atoms with van der Waals surface area (Å²) in [6.07, 6.45) is 2.74. The minimum Gasteiger partial charge on any atom is -0.497 e. The fourth-order valence-corrected chi connectivity index (χ4v) is 5.12. The molecule has 180 valence electrons. The van der Waals surface area contributed by atoms with Gasteiger partial charge in [0.1, 0.15) is 22.5 Å². The number of methoxy groups -OCH3 is 1. The van der Waals surface area contributed by atoms with E-state index in [0.29, 0.717) is 48.2 Å². The lowest BCUT2D eigenvalue weighted by Gasteiger charge is -2.35. The van der Waals surface area contributed by atoms with Gasteiger partial charge in [-0.2, -0.15) is 0 Å². The van der Waals surface area contributed by atoms with Crippen molar-refractivity contribution in [2.45, 2.75) is 26.8 Å². The van der Waals surface area contributed by atoms with Gasteiger partial charge in [0, 0.05) is 19.3 Å². The first-order valence-electron chi connectivity index (χ1n) is 11.9. The Hall–Kier alpha value is -3.94. The molecule has 1 aliphatic heterocycles. The highest BCUT2D eigenvalue weighted by Crippen LogP contribution is 2.23. The van der Waals surface area contributed by atoms with E-state index >= 15 is 0 Å². The van der Waals surface area contributed by atoms with Crippen molar-refractivity contribution in [3.63, 3.8) is 0 Å². The number of rotatable bonds is 4. The molecule has 0 radical (unpaired) electrons. The summed E-state index contributed by atoms with van der Waals surface area (Å²) in [5.41, 5.74) is 1.80. The number of nitrogens with one attached hydrogen (secondary N) is 1. The number of carbonyl (C=O) groups excluding carboxylic acids is 1. The lowest BCUT2D eigenvalue weighted by Crippen LogP contribution is -2.45. The predicted molar refractivity (Wildman–Crippen MR) is 134 cm³/mol. The molecule has 8 nitrogen and oxygen atoms in total. The molecule has 1 saturated heterocycles. The summed E-state index contributed by atoms with van der Waals surface area (Å²) < 4.78 is 8.40. The molecule has 0 aliphatic carbocycles. The summed E-state index contributed by atoms with van der Waals surface area (Å²) in [4.78, 5) is 33.7. The average molecular weight is 472 g/mol. The first-order chi connectivity index (χ1) is 16.9. The van der Waals surface area contributed by atoms with Crippen LogP contribution in [0.2, 0.25) is 0 Å². The molecule has 0 spiro atoms. The summed E-state index contributed by atoms with van der Waals surface area (Å²) in [5, 5.41) is 9.35. The lowest BCUT2D eigenvalue weighted by atomic mass is 9.91. The molecule has 4 heterocycles. The van der Waals surface area contributed by atoms with E-state index in [1.807, 2.05) is 35.2 Å². The van der Waals surface area contributed by atoms with Gasteiger partial charge in [0.25, 0.3) is 11.5 Å². The quantitative estimate of drug-likeness (QED) is 0.462. The van der Waals surface area contributed by atoms with Crippen LogP contribution < -0.4 is 15.8 Å². The molecule has 1 N–H and O–H groups in total. The fraction of sp³-hybridized carbons (Fsp3) is 0.333. The molecule has 4 aromatic rings. The van der Waals surface area contributed by atoms with E-state index in [0.717, 1.165) is 17.7 Å². The Morgan fingerprint density at radius 3 is 2.51 bits per heavy atom. The molecule has 1 aliphatic rings. The number of benzene rings is 1. The number of ether oxygens (including phenoxy) is 1. The maximum atomic E-state index is 13.7. The van der Waals surface area contributed by atoms with Crippen LogP contribution in [-0.4, -0.2) is 45.0 Å². The third kappa shape index (κ3) is 4.20. The Bertz CT molecular complexity index is 1530. The lowest BCUT2D eigenvalue weighted by molar-refractivity contribution is 0.0620. The van der Waals surface area contributed by atoms with Crippen LogP contribution in [0, 0.1) is 17.2 Å². The highest BCUT2D eigenvalue weighted by atomic mass is 16.5. The standard InChI is InChI=1S/C27H29N5O3/c1-17-12-18(2)15-30(14-17)26(33)21-13-22-25(29-23-6-4-5-11-31(23)27(22)34)32(24(21)28)16-19-7-9-20(35-3)10-8-19/h4-11,13,17-18,28H,12,14-16H2,1-3H3. The molecule has 2 atom stereocenters. The van der Waals surface area contributed by atoms with Crippen molar-refractivity contribution in [1.82, 2.24) is 18.9 Å². The number of hydrogen-bond donors (Lipinski definition) is 1. The van der Waals surface area contributed by atoms with Crippen LogP contribution >= 0.6 is 0 Å². The summed E-state index contributed by atoms with van der Waals surface area (Å²) in [7, 11) is 1.61. The monoisotopic (exact) mass is 471 g/mol. The van der Waals surface area contributed by atoms with E-state index in [-0.39, 0.29) is 22.5 Å². The van der Waals surface area contributed by atoms with Crippen LogP contribution in [0.1, 0.15) is 36.2 Å². The van der Waals surface area contributed by atoms with Crippen LogP contribution in [0.25, 0.3) is 16.7 Å². The van der Waals surface area contributed by atoms with Gasteiger partial charge in [-0.1, -0.05) is 32.0 Å². The normalized spacial score (nSPS) is 18.2. The van der Waals surface area contributed by atoms with Gasteiger partial charge in [-0.15, -0.1) is 0 Å². The molecule has 35 heavy (non-hydrogen) atoms. The largest absolute Gasteiger partial charge is 0.497 e. The number of hydrogen-bond acceptors (Lipinski definition) is 5. The summed E-state index contributed by atoms with van der Waals surface area (Å²) >= 11 is 0. The Balaban J connectivity index is 1.71. The molecular weight excluding hydrogens is 442 g/mol. The highest BCUT2D eigenvalue weighted by Gasteiger charge is 2.28. The fourth-order valence-electron chi connectivity index (χ4n) is 5.12. The van der Waals surface area contributed by atoms with Crippen molar-refractivity contribution in [2.75, 3.05) is 20.2 Å². The first-order valence-corrected chi connectivity index (χ1v) is 11.9. The number of piperidine rings is 1. The van der Waals surface area contributed by atoms with Gasteiger partial charge in [-0.05, 0) is 54.2 Å². The van der Waals surface area contributed by atoms with Gasteiger partial charge in [0.15, 0.2) is 0 Å². The molecule has 1 fully saturated rings. The third-order valence-corrected chi connectivity index (χ3v) is 6.70. The summed E-state index contributed by atoms with van der Waals surface area (Å²) in [6, 6.07) is 14.4. The Labute approximate surface area is 202 Å². The second kappa shape index (κ2) is 9.02. The SMILES string of the molecule is COc1ccc(Cn2c(=N)c(C(=O)N3CC(C)CC(C)C3)cc3c(=O)n4ccccc4nc32)cc1. The molecule has 8 heteroatoms. The Morgan fingerprint density at radius 1 is 1.11 bits per heavy atom. The van der Waals surface area contributed by atoms with Crippen molar-refractivity contribution in [2.24, 2.45) is 11.8 Å². The van der Waals surface area contributed by atoms with Gasteiger partial charge >= 0.3 is 0 Å². The highest BCUT2D eigenvalue weighted by molar-refractivity contribution is 5.97. The van der Waals surface area contributed by atoms with Gasteiger partial charge in [-0.25, -0.2) is 4.98 Å². The molecule has 1 amide bonds. The van der Waals surface area contributed by atoms with E-state index in [4.69, 9.17) is 15.1 Å². The maximum Gasteiger partial charge on any atom is 0.267 e. The number of carbonyl (C=O) groups is 1. The van der Waals surface area contributed by atoms with Crippen LogP contribution in [-0.2, 0) is 6.54 Å². The molecule has 1 aromatic carbocycles. The number of aromatic nitrogens is 3. The first kappa shape index (κ1) is 22.8. The second-order valence-electron chi connectivity index (χ2n) is 9.58. The zero-order valence-corrected chi connectivity index (χ0v) is 20.2. The Kier molecular flexibility index (Phi) is 5.88. The summed E-state index contributed by atoms with van der Waals surface area (Å²) in [6.45, 7) is 5.87. The molecule has 0 saturated carbocycles. The minimum atomic E-state index is -0.261. The number of pyridine rings is 2. The summed E-state index contributed by atoms with van der Waals surface area (Å²) in [5.74, 6) is 1.30. The third-order valence-electron chi connectivity index (χ3n) is 6.70. The Morgan fingerprint density at radius 2 is 1.83 bits per heavy atom. The van der Waals surface area contributed by atoms with Crippen LogP contribution in [0.4, 0.5) is 0 Å². The van der Waals surface area contributed by atoms with Crippen LogP contribution in [0.15, 0.2) is 59.5 Å². The van der Waals surface area contributed by atoms with Crippen molar-refractivity contribution in [1.29, 1.82) is 5.41 Å². The van der Waals surface area contributed by atoms with Crippen molar-refractivity contribution in [3.8, 4) is 5.75 Å². The molecule has 5 rings (SSSR count). The van der Waals surface area contributed by atoms with E-state index in [2.05, 4.69) is 13.8 Å². The van der Waals surface area contributed by atoms with E-state index < -0.39 is 0 Å². The second-order valence-corrected chi connectivity index (χ2v) is 9.58. The molecule has 3 aromatic heterocycles. The number of amides is 1. The van der Waals surface area contributed by atoms with Crippen molar-refractivity contribution in [3.05, 3.63) is 81.7 Å². The van der Waals surface area contributed by atoms with Crippen molar-refractivity contribution >= 4 is 22.6 Å². The molecule has 0 bridgehead atoms. The van der Waals surface area contributed by atoms with Gasteiger partial charge in [-0.3, -0.25) is 19.4 Å². The van der Waals surface area contributed by atoms with Gasteiger partial charge < -0.3 is 14.2 Å². The van der Waals surface area contributed by atoms with Gasteiger partial charge in [0.2, 0.25) is 0 Å². The smallest absolute Gasteiger partial charge is 0.267 e. The average Bonchev–Trinajstić information content (AvgIpc) is 2.85. The number of fused-ring (bicyclic) bond motifs is 2. The van der Waals surface area contributed by atoms with E-state index in [9.17, 15) is 9.59 Å². The van der Waals surface area contributed by atoms with E-state index in [1.165, 1.54) is 4.40 Å². The maximum absolute atomic E-state index is 13.7. The number of likely N-dealkylation sites (tertiary alicyclic amines) is 1. The predicted octanol–water partition coefficient (Wildman–Crippen LogP) is 3.30. The van der Waals surface area contributed by atoms with Crippen LogP contribution in [0.5, 0.6) is 5.75 Å². The van der Waals surface area contributed by atoms with Crippen molar-refractivity contribution < 1.29 is 9.53 Å². The topological polar surface area (TPSA) is 92.7 Å². The number of nitrogens with zero attached hydrogens (tertiary/aromatic N) is 4. The molecular formula is C27H29N5O3. The molecule has 2 unspecified atom stereocenters. The zero-order chi connectivity index (χ0) is 24.7. The van der Waals surface area contributed by atoms with Crippen LogP contribution in [0.3, 0.4) is 0 Å². The minimum absolute atomic E-state index is 0.0522. The van der Waals surface area contributed by atoms with E-state index in [1.54, 1.807) is 36.1 Å². The zero-order valence-electron chi connectivity index (χ0n) is 20.2.